The van der Waals surface area contributed by atoms with Crippen molar-refractivity contribution < 1.29 is 8.91 Å². The first kappa shape index (κ1) is 11.9. The lowest BCUT2D eigenvalue weighted by Gasteiger charge is -2.10. The molecule has 1 aromatic heterocycles. The van der Waals surface area contributed by atoms with E-state index in [1.54, 1.807) is 12.1 Å². The van der Waals surface area contributed by atoms with Gasteiger partial charge < -0.3 is 10.3 Å². The molecule has 2 N–H and O–H groups in total. The van der Waals surface area contributed by atoms with Crippen LogP contribution in [0.1, 0.15) is 25.3 Å². The zero-order chi connectivity index (χ0) is 12.6. The minimum absolute atomic E-state index is 0.0386. The maximum absolute atomic E-state index is 13.8. The summed E-state index contributed by atoms with van der Waals surface area (Å²) in [6.07, 6.45) is 0. The molecule has 0 aliphatic rings. The summed E-state index contributed by atoms with van der Waals surface area (Å²) >= 11 is 5.86. The van der Waals surface area contributed by atoms with Gasteiger partial charge in [0, 0.05) is 11.6 Å². The minimum atomic E-state index is -0.387. The molecule has 2 rings (SSSR count). The molecule has 3 nitrogen and oxygen atoms in total. The molecule has 0 fully saturated rings. The molecular formula is C12H12ClFN2O. The molecule has 0 saturated carbocycles. The van der Waals surface area contributed by atoms with Gasteiger partial charge >= 0.3 is 0 Å². The van der Waals surface area contributed by atoms with Crippen LogP contribution in [0.25, 0.3) is 11.3 Å². The second kappa shape index (κ2) is 4.37. The van der Waals surface area contributed by atoms with Gasteiger partial charge in [0.25, 0.3) is 0 Å². The number of aromatic nitrogens is 1. The second-order valence-electron chi connectivity index (χ2n) is 4.13. The first-order chi connectivity index (χ1) is 7.99. The van der Waals surface area contributed by atoms with E-state index < -0.39 is 0 Å². The summed E-state index contributed by atoms with van der Waals surface area (Å²) in [6.45, 7) is 3.80. The number of benzene rings is 1. The first-order valence-corrected chi connectivity index (χ1v) is 5.58. The third-order valence-corrected chi connectivity index (χ3v) is 2.78. The molecule has 0 atom stereocenters. The maximum Gasteiger partial charge on any atom is 0.222 e. The number of hydrogen-bond donors (Lipinski definition) is 1. The standard InChI is InChI=1S/C12H12ClFN2O/c1-6(2)8-3-7(4-9(13)12(8)14)10-5-11(15)17-16-10/h3-6H,15H2,1-2H3. The fraction of sp³-hybridized carbons (Fsp3) is 0.250. The van der Waals surface area contributed by atoms with Crippen LogP contribution < -0.4 is 5.73 Å². The van der Waals surface area contributed by atoms with Gasteiger partial charge in [-0.25, -0.2) is 4.39 Å². The van der Waals surface area contributed by atoms with E-state index in [-0.39, 0.29) is 22.6 Å². The molecular weight excluding hydrogens is 243 g/mol. The van der Waals surface area contributed by atoms with Gasteiger partial charge in [-0.1, -0.05) is 30.6 Å². The van der Waals surface area contributed by atoms with Crippen molar-refractivity contribution in [1.29, 1.82) is 0 Å². The lowest BCUT2D eigenvalue weighted by atomic mass is 9.99. The molecule has 5 heteroatoms. The lowest BCUT2D eigenvalue weighted by Crippen LogP contribution is -1.95. The Bertz CT molecular complexity index is 551. The third kappa shape index (κ3) is 2.26. The zero-order valence-corrected chi connectivity index (χ0v) is 10.3. The Morgan fingerprint density at radius 2 is 2.06 bits per heavy atom. The van der Waals surface area contributed by atoms with Crippen LogP contribution in [-0.4, -0.2) is 5.16 Å². The molecule has 0 aliphatic heterocycles. The van der Waals surface area contributed by atoms with Crippen LogP contribution in [0.4, 0.5) is 10.3 Å². The maximum atomic E-state index is 13.8. The van der Waals surface area contributed by atoms with E-state index in [1.165, 1.54) is 6.07 Å². The number of nitrogens with two attached hydrogens (primary N) is 1. The number of nitrogens with zero attached hydrogens (tertiary/aromatic N) is 1. The van der Waals surface area contributed by atoms with Crippen molar-refractivity contribution in [2.24, 2.45) is 0 Å². The van der Waals surface area contributed by atoms with E-state index in [4.69, 9.17) is 21.9 Å². The molecule has 0 amide bonds. The number of halogens is 2. The smallest absolute Gasteiger partial charge is 0.222 e. The Morgan fingerprint density at radius 3 is 2.59 bits per heavy atom. The van der Waals surface area contributed by atoms with Crippen molar-refractivity contribution in [2.45, 2.75) is 19.8 Å². The second-order valence-corrected chi connectivity index (χ2v) is 4.54. The van der Waals surface area contributed by atoms with E-state index in [0.29, 0.717) is 16.8 Å². The molecule has 0 saturated heterocycles. The van der Waals surface area contributed by atoms with Gasteiger partial charge in [-0.15, -0.1) is 0 Å². The van der Waals surface area contributed by atoms with Crippen LogP contribution in [0.3, 0.4) is 0 Å². The van der Waals surface area contributed by atoms with Crippen molar-refractivity contribution in [3.8, 4) is 11.3 Å². The van der Waals surface area contributed by atoms with Crippen molar-refractivity contribution in [3.63, 3.8) is 0 Å². The zero-order valence-electron chi connectivity index (χ0n) is 9.50. The number of rotatable bonds is 2. The lowest BCUT2D eigenvalue weighted by molar-refractivity contribution is 0.439. The summed E-state index contributed by atoms with van der Waals surface area (Å²) in [6, 6.07) is 4.80. The van der Waals surface area contributed by atoms with E-state index in [9.17, 15) is 4.39 Å². The van der Waals surface area contributed by atoms with Crippen molar-refractivity contribution >= 4 is 17.5 Å². The average molecular weight is 255 g/mol. The predicted molar refractivity (Wildman–Crippen MR) is 65.4 cm³/mol. The Hall–Kier alpha value is -1.55. The third-order valence-electron chi connectivity index (χ3n) is 2.50. The molecule has 2 aromatic rings. The highest BCUT2D eigenvalue weighted by Crippen LogP contribution is 2.31. The summed E-state index contributed by atoms with van der Waals surface area (Å²) in [7, 11) is 0. The number of hydrogen-bond acceptors (Lipinski definition) is 3. The van der Waals surface area contributed by atoms with Crippen LogP contribution in [-0.2, 0) is 0 Å². The summed E-state index contributed by atoms with van der Waals surface area (Å²) in [5.41, 5.74) is 7.24. The first-order valence-electron chi connectivity index (χ1n) is 5.20. The monoisotopic (exact) mass is 254 g/mol. The Labute approximate surface area is 103 Å². The molecule has 90 valence electrons. The van der Waals surface area contributed by atoms with Crippen LogP contribution in [0, 0.1) is 5.82 Å². The van der Waals surface area contributed by atoms with Gasteiger partial charge in [0.05, 0.1) is 5.02 Å². The van der Waals surface area contributed by atoms with Gasteiger partial charge in [0.15, 0.2) is 0 Å². The molecule has 0 unspecified atom stereocenters. The topological polar surface area (TPSA) is 52.0 Å². The molecule has 1 heterocycles. The van der Waals surface area contributed by atoms with Crippen molar-refractivity contribution in [2.75, 3.05) is 5.73 Å². The van der Waals surface area contributed by atoms with Gasteiger partial charge in [-0.2, -0.15) is 0 Å². The SMILES string of the molecule is CC(C)c1cc(-c2cc(N)on2)cc(Cl)c1F. The van der Waals surface area contributed by atoms with Crippen molar-refractivity contribution in [3.05, 3.63) is 34.6 Å². The van der Waals surface area contributed by atoms with Crippen molar-refractivity contribution in [1.82, 2.24) is 5.16 Å². The molecule has 0 spiro atoms. The molecule has 17 heavy (non-hydrogen) atoms. The fourth-order valence-electron chi connectivity index (χ4n) is 1.60. The number of nitrogen functional groups attached to an aromatic ring is 1. The van der Waals surface area contributed by atoms with E-state index in [2.05, 4.69) is 5.16 Å². The van der Waals surface area contributed by atoms with Gasteiger partial charge in [-0.3, -0.25) is 0 Å². The van der Waals surface area contributed by atoms with E-state index in [0.717, 1.165) is 0 Å². The summed E-state index contributed by atoms with van der Waals surface area (Å²) in [5.74, 6) is -0.134. The quantitative estimate of drug-likeness (QED) is 0.886. The minimum Gasteiger partial charge on any atom is -0.368 e. The average Bonchev–Trinajstić information content (AvgIpc) is 2.68. The predicted octanol–water partition coefficient (Wildman–Crippen LogP) is 3.84. The Morgan fingerprint density at radius 1 is 1.35 bits per heavy atom. The van der Waals surface area contributed by atoms with Crippen LogP contribution >= 0.6 is 11.6 Å². The fourth-order valence-corrected chi connectivity index (χ4v) is 1.83. The van der Waals surface area contributed by atoms with Gasteiger partial charge in [0.1, 0.15) is 11.5 Å². The molecule has 0 bridgehead atoms. The number of anilines is 1. The highest BCUT2D eigenvalue weighted by molar-refractivity contribution is 6.31. The molecule has 0 aliphatic carbocycles. The largest absolute Gasteiger partial charge is 0.368 e. The van der Waals surface area contributed by atoms with Crippen LogP contribution in [0.2, 0.25) is 5.02 Å². The van der Waals surface area contributed by atoms with Crippen LogP contribution in [0.5, 0.6) is 0 Å². The van der Waals surface area contributed by atoms with Gasteiger partial charge in [0.2, 0.25) is 5.88 Å². The Balaban J connectivity index is 2.56. The van der Waals surface area contributed by atoms with Gasteiger partial charge in [-0.05, 0) is 23.6 Å². The highest BCUT2D eigenvalue weighted by atomic mass is 35.5. The van der Waals surface area contributed by atoms with E-state index >= 15 is 0 Å². The van der Waals surface area contributed by atoms with Crippen LogP contribution in [0.15, 0.2) is 22.7 Å². The normalized spacial score (nSPS) is 11.1. The molecule has 1 aromatic carbocycles. The summed E-state index contributed by atoms with van der Waals surface area (Å²) < 4.78 is 18.5. The summed E-state index contributed by atoms with van der Waals surface area (Å²) in [4.78, 5) is 0. The summed E-state index contributed by atoms with van der Waals surface area (Å²) in [5, 5.41) is 3.85. The highest BCUT2D eigenvalue weighted by Gasteiger charge is 2.14. The van der Waals surface area contributed by atoms with E-state index in [1.807, 2.05) is 13.8 Å². The Kier molecular flexibility index (Phi) is 3.07. The molecule has 0 radical (unpaired) electrons.